The molecular formula is C9H15NO2S. The number of hydrogen-bond acceptors (Lipinski definition) is 3. The molecule has 0 aliphatic rings. The molecule has 0 spiro atoms. The van der Waals surface area contributed by atoms with Crippen molar-refractivity contribution in [2.75, 3.05) is 6.54 Å². The fourth-order valence-electron chi connectivity index (χ4n) is 1.04. The van der Waals surface area contributed by atoms with Crippen LogP contribution in [-0.4, -0.2) is 22.8 Å². The molecule has 0 saturated carbocycles. The molecule has 3 nitrogen and oxygen atoms in total. The van der Waals surface area contributed by atoms with Crippen LogP contribution in [0.1, 0.15) is 38.5 Å². The van der Waals surface area contributed by atoms with E-state index in [2.05, 4.69) is 22.4 Å². The number of isothiocyanates is 1. The van der Waals surface area contributed by atoms with E-state index in [1.54, 1.807) is 0 Å². The normalized spacial score (nSPS) is 9.23. The van der Waals surface area contributed by atoms with Gasteiger partial charge in [0.2, 0.25) is 0 Å². The Balaban J connectivity index is 2.99. The highest BCUT2D eigenvalue weighted by Crippen LogP contribution is 2.05. The maximum Gasteiger partial charge on any atom is 0.303 e. The zero-order valence-corrected chi connectivity index (χ0v) is 8.48. The molecule has 0 aromatic heterocycles. The number of carboxylic acid groups (broad SMARTS) is 1. The lowest BCUT2D eigenvalue weighted by atomic mass is 10.1. The van der Waals surface area contributed by atoms with E-state index in [4.69, 9.17) is 5.11 Å². The van der Waals surface area contributed by atoms with Crippen LogP contribution in [0.3, 0.4) is 0 Å². The third-order valence-corrected chi connectivity index (χ3v) is 1.85. The molecule has 0 aliphatic carbocycles. The molecule has 0 saturated heterocycles. The number of aliphatic imine (C=N–C) groups is 1. The third-order valence-electron chi connectivity index (χ3n) is 1.73. The lowest BCUT2D eigenvalue weighted by molar-refractivity contribution is -0.137. The molecule has 0 rings (SSSR count). The number of carboxylic acids is 1. The van der Waals surface area contributed by atoms with Crippen LogP contribution in [-0.2, 0) is 4.79 Å². The van der Waals surface area contributed by atoms with Gasteiger partial charge in [-0.3, -0.25) is 4.79 Å². The Hall–Kier alpha value is -0.730. The van der Waals surface area contributed by atoms with Gasteiger partial charge >= 0.3 is 5.97 Å². The van der Waals surface area contributed by atoms with Crippen molar-refractivity contribution in [3.05, 3.63) is 0 Å². The fraction of sp³-hybridized carbons (Fsp3) is 0.778. The summed E-state index contributed by atoms with van der Waals surface area (Å²) >= 11 is 4.42. The van der Waals surface area contributed by atoms with E-state index in [9.17, 15) is 4.79 Å². The first-order valence-corrected chi connectivity index (χ1v) is 4.93. The minimum atomic E-state index is -0.703. The molecule has 74 valence electrons. The van der Waals surface area contributed by atoms with E-state index in [-0.39, 0.29) is 6.42 Å². The van der Waals surface area contributed by atoms with Crippen molar-refractivity contribution in [3.63, 3.8) is 0 Å². The number of nitrogens with zero attached hydrogens (tertiary/aromatic N) is 1. The SMILES string of the molecule is O=C(O)CCCCCCCN=C=S. The quantitative estimate of drug-likeness (QED) is 0.373. The van der Waals surface area contributed by atoms with E-state index < -0.39 is 5.97 Å². The molecule has 0 radical (unpaired) electrons. The highest BCUT2D eigenvalue weighted by Gasteiger charge is 1.95. The zero-order chi connectivity index (χ0) is 9.94. The number of unbranched alkanes of at least 4 members (excludes halogenated alkanes) is 4. The van der Waals surface area contributed by atoms with Crippen molar-refractivity contribution in [2.24, 2.45) is 4.99 Å². The second kappa shape index (κ2) is 9.36. The second-order valence-corrected chi connectivity index (χ2v) is 3.07. The minimum Gasteiger partial charge on any atom is -0.481 e. The van der Waals surface area contributed by atoms with Crippen molar-refractivity contribution >= 4 is 23.3 Å². The topological polar surface area (TPSA) is 49.7 Å². The number of thiocarbonyl (C=S) groups is 1. The molecule has 0 atom stereocenters. The summed E-state index contributed by atoms with van der Waals surface area (Å²) in [5.74, 6) is -0.703. The van der Waals surface area contributed by atoms with Gasteiger partial charge in [0.25, 0.3) is 0 Å². The molecule has 4 heteroatoms. The van der Waals surface area contributed by atoms with Gasteiger partial charge in [-0.1, -0.05) is 19.3 Å². The Kier molecular flexibility index (Phi) is 8.83. The van der Waals surface area contributed by atoms with Crippen LogP contribution >= 0.6 is 12.2 Å². The average molecular weight is 201 g/mol. The molecule has 13 heavy (non-hydrogen) atoms. The summed E-state index contributed by atoms with van der Waals surface area (Å²) in [6.45, 7) is 0.752. The lowest BCUT2D eigenvalue weighted by Crippen LogP contribution is -1.93. The first kappa shape index (κ1) is 12.3. The lowest BCUT2D eigenvalue weighted by Gasteiger charge is -1.97. The van der Waals surface area contributed by atoms with Gasteiger partial charge in [0.05, 0.1) is 5.16 Å². The Morgan fingerprint density at radius 2 is 1.85 bits per heavy atom. The summed E-state index contributed by atoms with van der Waals surface area (Å²) in [4.78, 5) is 13.9. The van der Waals surface area contributed by atoms with Gasteiger partial charge in [-0.2, -0.15) is 0 Å². The molecule has 0 aliphatic heterocycles. The van der Waals surface area contributed by atoms with Gasteiger partial charge in [0.1, 0.15) is 0 Å². The largest absolute Gasteiger partial charge is 0.481 e. The second-order valence-electron chi connectivity index (χ2n) is 2.88. The first-order valence-electron chi connectivity index (χ1n) is 4.53. The predicted molar refractivity (Wildman–Crippen MR) is 55.2 cm³/mol. The smallest absolute Gasteiger partial charge is 0.303 e. The molecule has 0 fully saturated rings. The summed E-state index contributed by atoms with van der Waals surface area (Å²) in [7, 11) is 0. The standard InChI is InChI=1S/C9H15NO2S/c11-9(12)6-4-2-1-3-5-7-10-8-13/h1-7H2,(H,11,12). The molecule has 0 unspecified atom stereocenters. The van der Waals surface area contributed by atoms with Gasteiger partial charge < -0.3 is 5.11 Å². The van der Waals surface area contributed by atoms with Crippen molar-refractivity contribution in [2.45, 2.75) is 38.5 Å². The van der Waals surface area contributed by atoms with Crippen molar-refractivity contribution in [3.8, 4) is 0 Å². The van der Waals surface area contributed by atoms with E-state index in [1.807, 2.05) is 0 Å². The Labute approximate surface area is 83.9 Å². The van der Waals surface area contributed by atoms with Crippen LogP contribution in [0, 0.1) is 0 Å². The Morgan fingerprint density at radius 1 is 1.23 bits per heavy atom. The van der Waals surface area contributed by atoms with Crippen LogP contribution < -0.4 is 0 Å². The zero-order valence-electron chi connectivity index (χ0n) is 7.66. The van der Waals surface area contributed by atoms with E-state index >= 15 is 0 Å². The van der Waals surface area contributed by atoms with Gasteiger partial charge in [-0.25, -0.2) is 4.99 Å². The van der Waals surface area contributed by atoms with Gasteiger partial charge in [0.15, 0.2) is 0 Å². The van der Waals surface area contributed by atoms with Crippen molar-refractivity contribution < 1.29 is 9.90 Å². The van der Waals surface area contributed by atoms with Crippen LogP contribution in [0.15, 0.2) is 4.99 Å². The molecule has 0 bridgehead atoms. The maximum absolute atomic E-state index is 10.1. The molecular weight excluding hydrogens is 186 g/mol. The molecule has 1 N–H and O–H groups in total. The number of rotatable bonds is 8. The highest BCUT2D eigenvalue weighted by molar-refractivity contribution is 7.78. The number of hydrogen-bond donors (Lipinski definition) is 1. The number of aliphatic carboxylic acids is 1. The molecule has 0 aromatic carbocycles. The molecule has 0 aromatic rings. The summed E-state index contributed by atoms with van der Waals surface area (Å²) in [6.07, 6.45) is 5.27. The monoisotopic (exact) mass is 201 g/mol. The molecule has 0 heterocycles. The van der Waals surface area contributed by atoms with Crippen LogP contribution in [0.25, 0.3) is 0 Å². The maximum atomic E-state index is 10.1. The van der Waals surface area contributed by atoms with E-state index in [1.165, 1.54) is 0 Å². The van der Waals surface area contributed by atoms with Crippen molar-refractivity contribution in [1.29, 1.82) is 0 Å². The summed E-state index contributed by atoms with van der Waals surface area (Å²) in [6, 6.07) is 0. The third kappa shape index (κ3) is 11.3. The van der Waals surface area contributed by atoms with Gasteiger partial charge in [-0.05, 0) is 25.1 Å². The van der Waals surface area contributed by atoms with Gasteiger partial charge in [0, 0.05) is 13.0 Å². The Morgan fingerprint density at radius 3 is 2.46 bits per heavy atom. The number of carbonyl (C=O) groups is 1. The first-order chi connectivity index (χ1) is 6.27. The van der Waals surface area contributed by atoms with E-state index in [0.29, 0.717) is 0 Å². The highest BCUT2D eigenvalue weighted by atomic mass is 32.1. The predicted octanol–water partition coefficient (Wildman–Crippen LogP) is 2.51. The van der Waals surface area contributed by atoms with Crippen LogP contribution in [0.2, 0.25) is 0 Å². The van der Waals surface area contributed by atoms with Crippen molar-refractivity contribution in [1.82, 2.24) is 0 Å². The van der Waals surface area contributed by atoms with Gasteiger partial charge in [-0.15, -0.1) is 0 Å². The minimum absolute atomic E-state index is 0.290. The molecule has 0 amide bonds. The summed E-state index contributed by atoms with van der Waals surface area (Å²) in [5, 5.41) is 10.7. The van der Waals surface area contributed by atoms with Crippen LogP contribution in [0.5, 0.6) is 0 Å². The average Bonchev–Trinajstić information content (AvgIpc) is 2.09. The van der Waals surface area contributed by atoms with E-state index in [0.717, 1.165) is 38.6 Å². The summed E-state index contributed by atoms with van der Waals surface area (Å²) in [5.41, 5.74) is 0. The Bertz CT molecular complexity index is 182. The van der Waals surface area contributed by atoms with Crippen LogP contribution in [0.4, 0.5) is 0 Å². The summed E-state index contributed by atoms with van der Waals surface area (Å²) < 4.78 is 0. The fourth-order valence-corrected chi connectivity index (χ4v) is 1.13.